The van der Waals surface area contributed by atoms with Crippen molar-refractivity contribution in [2.75, 3.05) is 0 Å². The van der Waals surface area contributed by atoms with Crippen molar-refractivity contribution < 1.29 is 8.81 Å². The van der Waals surface area contributed by atoms with E-state index in [4.69, 9.17) is 9.68 Å². The first-order chi connectivity index (χ1) is 12.2. The monoisotopic (exact) mass is 333 g/mol. The van der Waals surface area contributed by atoms with Gasteiger partial charge in [-0.2, -0.15) is 5.26 Å². The zero-order valence-electron chi connectivity index (χ0n) is 13.6. The molecule has 1 aliphatic rings. The molecule has 1 aromatic carbocycles. The number of fused-ring (bicyclic) bond motifs is 1. The molecule has 0 radical (unpaired) electrons. The Bertz CT molecular complexity index is 940. The Hall–Kier alpha value is -3.00. The number of nitrogens with zero attached hydrogens (tertiary/aromatic N) is 3. The van der Waals surface area contributed by atoms with Crippen LogP contribution in [-0.2, 0) is 12.8 Å². The van der Waals surface area contributed by atoms with Gasteiger partial charge in [0.2, 0.25) is 5.89 Å². The molecule has 25 heavy (non-hydrogen) atoms. The zero-order valence-corrected chi connectivity index (χ0v) is 13.6. The van der Waals surface area contributed by atoms with Crippen molar-refractivity contribution in [3.8, 4) is 17.7 Å². The molecule has 4 nitrogen and oxygen atoms in total. The van der Waals surface area contributed by atoms with Crippen molar-refractivity contribution in [2.24, 2.45) is 0 Å². The topological polar surface area (TPSA) is 62.7 Å². The van der Waals surface area contributed by atoms with Crippen LogP contribution in [0.15, 0.2) is 47.0 Å². The van der Waals surface area contributed by atoms with Crippen LogP contribution in [0.3, 0.4) is 0 Å². The van der Waals surface area contributed by atoms with Gasteiger partial charge in [-0.05, 0) is 55.0 Å². The van der Waals surface area contributed by atoms with Gasteiger partial charge in [0.1, 0.15) is 17.3 Å². The third kappa shape index (κ3) is 3.16. The second-order valence-corrected chi connectivity index (χ2v) is 6.28. The summed E-state index contributed by atoms with van der Waals surface area (Å²) in [4.78, 5) is 8.62. The molecule has 2 aromatic heterocycles. The predicted octanol–water partition coefficient (Wildman–Crippen LogP) is 4.41. The maximum Gasteiger partial charge on any atom is 0.245 e. The molecule has 2 heterocycles. The van der Waals surface area contributed by atoms with Crippen LogP contribution >= 0.6 is 0 Å². The minimum Gasteiger partial charge on any atom is -0.440 e. The number of aromatic nitrogens is 2. The van der Waals surface area contributed by atoms with Crippen LogP contribution in [0.2, 0.25) is 0 Å². The van der Waals surface area contributed by atoms with Crippen LogP contribution in [0.5, 0.6) is 0 Å². The van der Waals surface area contributed by atoms with E-state index in [0.717, 1.165) is 42.7 Å². The Labute approximate surface area is 145 Å². The molecule has 0 fully saturated rings. The molecule has 1 atom stereocenters. The number of hydrogen-bond donors (Lipinski definition) is 0. The molecule has 0 spiro atoms. The molecule has 5 heteroatoms. The van der Waals surface area contributed by atoms with E-state index in [1.54, 1.807) is 6.07 Å². The minimum atomic E-state index is -0.380. The standard InChI is InChI=1S/C20H16FN3O/c21-16-7-8-18(23-12-16)20-24-17-6-2-5-15(10-19(17)25-20)14-4-1-3-13(9-14)11-22/h1,3-4,7-9,12,15H,2,5-6,10H2. The maximum absolute atomic E-state index is 13.0. The minimum absolute atomic E-state index is 0.302. The number of hydrogen-bond acceptors (Lipinski definition) is 4. The number of halogens is 1. The highest BCUT2D eigenvalue weighted by Gasteiger charge is 2.24. The van der Waals surface area contributed by atoms with Gasteiger partial charge in [-0.15, -0.1) is 0 Å². The molecule has 0 saturated carbocycles. The number of pyridine rings is 1. The molecule has 0 saturated heterocycles. The van der Waals surface area contributed by atoms with E-state index in [9.17, 15) is 4.39 Å². The number of oxazole rings is 1. The quantitative estimate of drug-likeness (QED) is 0.652. The van der Waals surface area contributed by atoms with E-state index in [2.05, 4.69) is 22.1 Å². The molecule has 4 rings (SSSR count). The van der Waals surface area contributed by atoms with Crippen LogP contribution in [0, 0.1) is 17.1 Å². The Morgan fingerprint density at radius 1 is 1.24 bits per heavy atom. The number of rotatable bonds is 2. The Morgan fingerprint density at radius 3 is 2.96 bits per heavy atom. The maximum atomic E-state index is 13.0. The van der Waals surface area contributed by atoms with E-state index in [1.165, 1.54) is 12.3 Å². The molecule has 1 unspecified atom stereocenters. The van der Waals surface area contributed by atoms with Gasteiger partial charge in [0.15, 0.2) is 0 Å². The van der Waals surface area contributed by atoms with E-state index in [0.29, 0.717) is 23.1 Å². The van der Waals surface area contributed by atoms with Gasteiger partial charge in [0.05, 0.1) is 23.5 Å². The summed E-state index contributed by atoms with van der Waals surface area (Å²) >= 11 is 0. The lowest BCUT2D eigenvalue weighted by molar-refractivity contribution is 0.486. The normalized spacial score (nSPS) is 16.7. The second kappa shape index (κ2) is 6.48. The summed E-state index contributed by atoms with van der Waals surface area (Å²) in [7, 11) is 0. The van der Waals surface area contributed by atoms with Crippen LogP contribution in [0.4, 0.5) is 4.39 Å². The molecular formula is C20H16FN3O. The highest BCUT2D eigenvalue weighted by atomic mass is 19.1. The van der Waals surface area contributed by atoms with E-state index >= 15 is 0 Å². The number of nitriles is 1. The smallest absolute Gasteiger partial charge is 0.245 e. The molecule has 1 aliphatic carbocycles. The summed E-state index contributed by atoms with van der Waals surface area (Å²) in [6.07, 6.45) is 4.82. The molecule has 124 valence electrons. The van der Waals surface area contributed by atoms with Crippen molar-refractivity contribution in [3.05, 3.63) is 71.0 Å². The zero-order chi connectivity index (χ0) is 17.2. The number of benzene rings is 1. The largest absolute Gasteiger partial charge is 0.440 e. The summed E-state index contributed by atoms with van der Waals surface area (Å²) in [5, 5.41) is 9.11. The molecule has 3 aromatic rings. The van der Waals surface area contributed by atoms with Gasteiger partial charge in [0, 0.05) is 6.42 Å². The van der Waals surface area contributed by atoms with Crippen LogP contribution in [0.25, 0.3) is 11.6 Å². The average molecular weight is 333 g/mol. The summed E-state index contributed by atoms with van der Waals surface area (Å²) in [6.45, 7) is 0. The molecule has 0 N–H and O–H groups in total. The molecular weight excluding hydrogens is 317 g/mol. The van der Waals surface area contributed by atoms with Crippen molar-refractivity contribution >= 4 is 0 Å². The van der Waals surface area contributed by atoms with Crippen molar-refractivity contribution in [1.29, 1.82) is 5.26 Å². The lowest BCUT2D eigenvalue weighted by Crippen LogP contribution is -2.01. The lowest BCUT2D eigenvalue weighted by Gasteiger charge is -2.14. The summed E-state index contributed by atoms with van der Waals surface area (Å²) in [5.74, 6) is 1.23. The first kappa shape index (κ1) is 15.5. The van der Waals surface area contributed by atoms with Crippen molar-refractivity contribution in [2.45, 2.75) is 31.6 Å². The average Bonchev–Trinajstić information content (AvgIpc) is 2.94. The highest BCUT2D eigenvalue weighted by molar-refractivity contribution is 5.47. The molecule has 0 amide bonds. The van der Waals surface area contributed by atoms with Gasteiger partial charge in [-0.1, -0.05) is 12.1 Å². The third-order valence-electron chi connectivity index (χ3n) is 4.61. The fourth-order valence-corrected chi connectivity index (χ4v) is 3.34. The fourth-order valence-electron chi connectivity index (χ4n) is 3.34. The van der Waals surface area contributed by atoms with Gasteiger partial charge in [0.25, 0.3) is 0 Å². The number of aryl methyl sites for hydroxylation is 1. The van der Waals surface area contributed by atoms with Gasteiger partial charge in [-0.3, -0.25) is 0 Å². The van der Waals surface area contributed by atoms with Gasteiger partial charge >= 0.3 is 0 Å². The fraction of sp³-hybridized carbons (Fsp3) is 0.250. The second-order valence-electron chi connectivity index (χ2n) is 6.28. The molecule has 0 aliphatic heterocycles. The summed E-state index contributed by atoms with van der Waals surface area (Å²) in [6, 6.07) is 12.9. The first-order valence-electron chi connectivity index (χ1n) is 8.33. The third-order valence-corrected chi connectivity index (χ3v) is 4.61. The van der Waals surface area contributed by atoms with Gasteiger partial charge in [-0.25, -0.2) is 14.4 Å². The Morgan fingerprint density at radius 2 is 2.16 bits per heavy atom. The Kier molecular flexibility index (Phi) is 4.02. The first-order valence-corrected chi connectivity index (χ1v) is 8.33. The predicted molar refractivity (Wildman–Crippen MR) is 90.2 cm³/mol. The Balaban J connectivity index is 1.64. The van der Waals surface area contributed by atoms with Crippen molar-refractivity contribution in [3.63, 3.8) is 0 Å². The van der Waals surface area contributed by atoms with Gasteiger partial charge < -0.3 is 4.42 Å². The van der Waals surface area contributed by atoms with Crippen LogP contribution in [-0.4, -0.2) is 9.97 Å². The van der Waals surface area contributed by atoms with Crippen LogP contribution < -0.4 is 0 Å². The molecule has 0 bridgehead atoms. The van der Waals surface area contributed by atoms with E-state index in [-0.39, 0.29) is 5.82 Å². The van der Waals surface area contributed by atoms with E-state index < -0.39 is 0 Å². The summed E-state index contributed by atoms with van der Waals surface area (Å²) in [5.41, 5.74) is 3.33. The highest BCUT2D eigenvalue weighted by Crippen LogP contribution is 2.33. The van der Waals surface area contributed by atoms with Crippen molar-refractivity contribution in [1.82, 2.24) is 9.97 Å². The lowest BCUT2D eigenvalue weighted by atomic mass is 9.91. The van der Waals surface area contributed by atoms with E-state index in [1.807, 2.05) is 18.2 Å². The van der Waals surface area contributed by atoms with Crippen LogP contribution in [0.1, 0.15) is 41.3 Å². The summed E-state index contributed by atoms with van der Waals surface area (Å²) < 4.78 is 19.0. The SMILES string of the molecule is N#Cc1cccc(C2CCCc3nc(-c4ccc(F)cn4)oc3C2)c1.